The molecule has 0 bridgehead atoms. The van der Waals surface area contributed by atoms with E-state index in [1.165, 1.54) is 6.92 Å². The summed E-state index contributed by atoms with van der Waals surface area (Å²) < 4.78 is 0.457. The molecule has 0 aromatic heterocycles. The lowest BCUT2D eigenvalue weighted by molar-refractivity contribution is -0.919. The number of nitrogens with one attached hydrogen (secondary N) is 1. The van der Waals surface area contributed by atoms with Crippen molar-refractivity contribution < 1.29 is 9.39 Å². The zero-order valence-electron chi connectivity index (χ0n) is 6.85. The minimum atomic E-state index is -0.0214. The van der Waals surface area contributed by atoms with Gasteiger partial charge in [0.15, 0.2) is 0 Å². The van der Waals surface area contributed by atoms with E-state index in [1.807, 2.05) is 14.1 Å². The first-order valence-corrected chi connectivity index (χ1v) is 3.20. The zero-order chi connectivity index (χ0) is 8.20. The van der Waals surface area contributed by atoms with E-state index in [2.05, 4.69) is 12.0 Å². The van der Waals surface area contributed by atoms with Crippen LogP contribution in [0.5, 0.6) is 0 Å². The van der Waals surface area contributed by atoms with Gasteiger partial charge in [0.25, 0.3) is 5.91 Å². The summed E-state index contributed by atoms with van der Waals surface area (Å²) in [5, 5.41) is 0. The first-order valence-electron chi connectivity index (χ1n) is 3.20. The van der Waals surface area contributed by atoms with Crippen molar-refractivity contribution in [2.45, 2.75) is 6.92 Å². The molecule has 3 nitrogen and oxygen atoms in total. The van der Waals surface area contributed by atoms with Crippen molar-refractivity contribution in [2.24, 2.45) is 0 Å². The van der Waals surface area contributed by atoms with Crippen LogP contribution >= 0.6 is 0 Å². The molecule has 0 aliphatic carbocycles. The molecule has 0 radical (unpaired) electrons. The summed E-state index contributed by atoms with van der Waals surface area (Å²) in [6.45, 7) is 5.82. The number of quaternary nitrogens is 1. The third-order valence-electron chi connectivity index (χ3n) is 1.05. The average molecular weight is 143 g/mol. The summed E-state index contributed by atoms with van der Waals surface area (Å²) in [6, 6.07) is 0. The number of carbonyl (C=O) groups is 1. The molecule has 1 amide bonds. The van der Waals surface area contributed by atoms with Gasteiger partial charge in [-0.05, 0) is 6.08 Å². The van der Waals surface area contributed by atoms with Crippen LogP contribution in [0, 0.1) is 0 Å². The number of nitrogens with zero attached hydrogens (tertiary/aromatic N) is 1. The number of likely N-dealkylation sites (N-methyl/N-ethyl adjacent to an activating group) is 1. The van der Waals surface area contributed by atoms with Gasteiger partial charge in [-0.15, -0.1) is 0 Å². The highest BCUT2D eigenvalue weighted by atomic mass is 16.2. The second-order valence-corrected chi connectivity index (χ2v) is 2.82. The van der Waals surface area contributed by atoms with Crippen LogP contribution in [0.3, 0.4) is 0 Å². The highest BCUT2D eigenvalue weighted by Gasteiger charge is 2.12. The lowest BCUT2D eigenvalue weighted by Crippen LogP contribution is -2.53. The topological polar surface area (TPSA) is 29.1 Å². The Morgan fingerprint density at radius 3 is 2.50 bits per heavy atom. The van der Waals surface area contributed by atoms with E-state index in [4.69, 9.17) is 0 Å². The monoisotopic (exact) mass is 143 g/mol. The van der Waals surface area contributed by atoms with Crippen LogP contribution in [-0.4, -0.2) is 31.1 Å². The molecule has 10 heavy (non-hydrogen) atoms. The number of rotatable bonds is 3. The molecule has 1 N–H and O–H groups in total. The maximum absolute atomic E-state index is 10.6. The number of amides is 1. The van der Waals surface area contributed by atoms with Gasteiger partial charge in [-0.2, -0.15) is 0 Å². The van der Waals surface area contributed by atoms with Crippen molar-refractivity contribution >= 4 is 5.91 Å². The molecule has 0 unspecified atom stereocenters. The van der Waals surface area contributed by atoms with Gasteiger partial charge in [-0.1, -0.05) is 6.58 Å². The van der Waals surface area contributed by atoms with Gasteiger partial charge in [0, 0.05) is 6.92 Å². The minimum Gasteiger partial charge on any atom is -0.270 e. The van der Waals surface area contributed by atoms with Gasteiger partial charge >= 0.3 is 0 Å². The van der Waals surface area contributed by atoms with Crippen LogP contribution in [-0.2, 0) is 4.79 Å². The predicted molar refractivity (Wildman–Crippen MR) is 41.0 cm³/mol. The minimum absolute atomic E-state index is 0.0214. The molecule has 0 aromatic rings. The Bertz CT molecular complexity index is 141. The third kappa shape index (κ3) is 4.09. The predicted octanol–water partition coefficient (Wildman–Crippen LogP) is 0.300. The van der Waals surface area contributed by atoms with Crippen molar-refractivity contribution in [2.75, 3.05) is 20.6 Å². The van der Waals surface area contributed by atoms with Gasteiger partial charge in [0.1, 0.15) is 6.54 Å². The smallest absolute Gasteiger partial charge is 0.261 e. The lowest BCUT2D eigenvalue weighted by atomic mass is 10.5. The van der Waals surface area contributed by atoms with E-state index in [0.717, 1.165) is 6.54 Å². The van der Waals surface area contributed by atoms with Gasteiger partial charge in [0.2, 0.25) is 0 Å². The van der Waals surface area contributed by atoms with E-state index in [1.54, 1.807) is 6.08 Å². The van der Waals surface area contributed by atoms with Gasteiger partial charge < -0.3 is 0 Å². The summed E-state index contributed by atoms with van der Waals surface area (Å²) in [6.07, 6.45) is 1.77. The van der Waals surface area contributed by atoms with E-state index in [0.29, 0.717) is 4.59 Å². The SMILES string of the molecule is C=CC[N+](C)(C)NC(C)=O. The molecule has 0 rings (SSSR count). The molecule has 3 heteroatoms. The van der Waals surface area contributed by atoms with E-state index >= 15 is 0 Å². The van der Waals surface area contributed by atoms with Crippen LogP contribution in [0.25, 0.3) is 0 Å². The van der Waals surface area contributed by atoms with Gasteiger partial charge in [0.05, 0.1) is 14.1 Å². The highest BCUT2D eigenvalue weighted by molar-refractivity contribution is 5.71. The molecule has 0 spiro atoms. The molecule has 0 aliphatic heterocycles. The Balaban J connectivity index is 3.85. The van der Waals surface area contributed by atoms with Crippen molar-refractivity contribution in [1.82, 2.24) is 5.43 Å². The highest BCUT2D eigenvalue weighted by Crippen LogP contribution is 1.89. The lowest BCUT2D eigenvalue weighted by Gasteiger charge is -2.26. The second kappa shape index (κ2) is 3.37. The van der Waals surface area contributed by atoms with Crippen LogP contribution in [0.2, 0.25) is 0 Å². The largest absolute Gasteiger partial charge is 0.270 e. The summed E-state index contributed by atoms with van der Waals surface area (Å²) in [5.74, 6) is -0.0214. The van der Waals surface area contributed by atoms with Crippen molar-refractivity contribution in [1.29, 1.82) is 0 Å². The molecule has 0 aliphatic rings. The first kappa shape index (κ1) is 9.17. The number of carbonyl (C=O) groups excluding carboxylic acids is 1. The summed E-state index contributed by atoms with van der Waals surface area (Å²) >= 11 is 0. The van der Waals surface area contributed by atoms with Crippen LogP contribution in [0.15, 0.2) is 12.7 Å². The molecule has 0 atom stereocenters. The summed E-state index contributed by atoms with van der Waals surface area (Å²) in [4.78, 5) is 10.6. The van der Waals surface area contributed by atoms with E-state index < -0.39 is 0 Å². The summed E-state index contributed by atoms with van der Waals surface area (Å²) in [7, 11) is 3.81. The van der Waals surface area contributed by atoms with Crippen molar-refractivity contribution in [3.63, 3.8) is 0 Å². The Morgan fingerprint density at radius 2 is 2.20 bits per heavy atom. The Kier molecular flexibility index (Phi) is 3.09. The van der Waals surface area contributed by atoms with Gasteiger partial charge in [-0.25, -0.2) is 10.0 Å². The van der Waals surface area contributed by atoms with Crippen LogP contribution in [0.4, 0.5) is 0 Å². The molecule has 0 heterocycles. The van der Waals surface area contributed by atoms with Crippen molar-refractivity contribution in [3.05, 3.63) is 12.7 Å². The van der Waals surface area contributed by atoms with Crippen LogP contribution in [0.1, 0.15) is 6.92 Å². The fourth-order valence-electron chi connectivity index (χ4n) is 0.795. The maximum Gasteiger partial charge on any atom is 0.261 e. The van der Waals surface area contributed by atoms with E-state index in [-0.39, 0.29) is 5.91 Å². The quantitative estimate of drug-likeness (QED) is 0.343. The van der Waals surface area contributed by atoms with Gasteiger partial charge in [-0.3, -0.25) is 4.79 Å². The summed E-state index contributed by atoms with van der Waals surface area (Å²) in [5.41, 5.74) is 2.75. The fraction of sp³-hybridized carbons (Fsp3) is 0.571. The normalized spacial score (nSPS) is 10.7. The fourth-order valence-corrected chi connectivity index (χ4v) is 0.795. The molecular weight excluding hydrogens is 128 g/mol. The van der Waals surface area contributed by atoms with Crippen molar-refractivity contribution in [3.8, 4) is 0 Å². The third-order valence-corrected chi connectivity index (χ3v) is 1.05. The average Bonchev–Trinajstić information content (AvgIpc) is 1.59. The second-order valence-electron chi connectivity index (χ2n) is 2.82. The van der Waals surface area contributed by atoms with Crippen LogP contribution < -0.4 is 5.43 Å². The number of hydrogen-bond donors (Lipinski definition) is 1. The van der Waals surface area contributed by atoms with E-state index in [9.17, 15) is 4.79 Å². The Labute approximate surface area is 61.9 Å². The maximum atomic E-state index is 10.6. The standard InChI is InChI=1S/C7H14N2O/c1-5-6-9(3,4)8-7(2)10/h5H,1,6H2,2-4H3/p+1. The molecule has 0 saturated carbocycles. The Morgan fingerprint density at radius 1 is 1.70 bits per heavy atom. The first-order chi connectivity index (χ1) is 4.48. The molecule has 0 saturated heterocycles. The molecule has 58 valence electrons. The molecular formula is C7H15N2O+. The Hall–Kier alpha value is -0.830. The molecule has 0 fully saturated rings. The zero-order valence-corrected chi connectivity index (χ0v) is 6.85. The molecule has 0 aromatic carbocycles. The number of hydrogen-bond acceptors (Lipinski definition) is 1.